The summed E-state index contributed by atoms with van der Waals surface area (Å²) in [6, 6.07) is 2.25. The van der Waals surface area contributed by atoms with Gasteiger partial charge in [-0.1, -0.05) is 13.8 Å². The monoisotopic (exact) mass is 247 g/mol. The van der Waals surface area contributed by atoms with Crippen LogP contribution in [0, 0.1) is 18.3 Å². The van der Waals surface area contributed by atoms with Crippen molar-refractivity contribution in [3.05, 3.63) is 17.5 Å². The van der Waals surface area contributed by atoms with E-state index < -0.39 is 0 Å². The van der Waals surface area contributed by atoms with Crippen molar-refractivity contribution in [2.75, 3.05) is 11.4 Å². The van der Waals surface area contributed by atoms with Crippen LogP contribution >= 0.6 is 0 Å². The van der Waals surface area contributed by atoms with Crippen LogP contribution in [0.4, 0.5) is 5.95 Å². The summed E-state index contributed by atoms with van der Waals surface area (Å²) in [5.41, 5.74) is 6.90. The summed E-state index contributed by atoms with van der Waals surface area (Å²) in [5, 5.41) is 7.50. The molecule has 0 saturated carbocycles. The SMILES string of the molecule is Cc1cc(C(=N)N)nc(N2CCCC2C(C)C)n1. The third kappa shape index (κ3) is 2.44. The molecule has 0 amide bonds. The maximum absolute atomic E-state index is 7.50. The average Bonchev–Trinajstić information content (AvgIpc) is 2.76. The molecule has 1 saturated heterocycles. The molecule has 3 N–H and O–H groups in total. The van der Waals surface area contributed by atoms with Crippen LogP contribution in [0.15, 0.2) is 6.07 Å². The molecule has 5 nitrogen and oxygen atoms in total. The highest BCUT2D eigenvalue weighted by atomic mass is 15.3. The van der Waals surface area contributed by atoms with Crippen LogP contribution in [0.2, 0.25) is 0 Å². The molecule has 18 heavy (non-hydrogen) atoms. The number of hydrogen-bond acceptors (Lipinski definition) is 4. The molecule has 1 aliphatic rings. The van der Waals surface area contributed by atoms with E-state index in [2.05, 4.69) is 28.7 Å². The Balaban J connectivity index is 2.35. The lowest BCUT2D eigenvalue weighted by Gasteiger charge is -2.28. The van der Waals surface area contributed by atoms with Crippen LogP contribution in [0.3, 0.4) is 0 Å². The largest absolute Gasteiger partial charge is 0.382 e. The van der Waals surface area contributed by atoms with Gasteiger partial charge in [-0.15, -0.1) is 0 Å². The molecule has 0 bridgehead atoms. The quantitative estimate of drug-likeness (QED) is 0.629. The Morgan fingerprint density at radius 1 is 1.50 bits per heavy atom. The fourth-order valence-corrected chi connectivity index (χ4v) is 2.55. The number of nitrogens with one attached hydrogen (secondary N) is 1. The third-order valence-electron chi connectivity index (χ3n) is 3.44. The minimum Gasteiger partial charge on any atom is -0.382 e. The van der Waals surface area contributed by atoms with Gasteiger partial charge in [0.15, 0.2) is 0 Å². The molecule has 1 unspecified atom stereocenters. The van der Waals surface area contributed by atoms with E-state index in [4.69, 9.17) is 11.1 Å². The zero-order chi connectivity index (χ0) is 13.3. The van der Waals surface area contributed by atoms with E-state index >= 15 is 0 Å². The maximum Gasteiger partial charge on any atom is 0.226 e. The van der Waals surface area contributed by atoms with Crippen LogP contribution in [0.25, 0.3) is 0 Å². The summed E-state index contributed by atoms with van der Waals surface area (Å²) >= 11 is 0. The molecule has 1 aromatic rings. The van der Waals surface area contributed by atoms with Gasteiger partial charge in [0.2, 0.25) is 5.95 Å². The second kappa shape index (κ2) is 4.92. The van der Waals surface area contributed by atoms with Gasteiger partial charge in [-0.3, -0.25) is 5.41 Å². The van der Waals surface area contributed by atoms with Crippen molar-refractivity contribution in [1.29, 1.82) is 5.41 Å². The highest BCUT2D eigenvalue weighted by Crippen LogP contribution is 2.27. The molecule has 98 valence electrons. The number of nitrogens with two attached hydrogens (primary N) is 1. The van der Waals surface area contributed by atoms with Crippen molar-refractivity contribution < 1.29 is 0 Å². The first-order valence-corrected chi connectivity index (χ1v) is 6.45. The van der Waals surface area contributed by atoms with E-state index in [1.165, 1.54) is 12.8 Å². The highest BCUT2D eigenvalue weighted by molar-refractivity contribution is 5.93. The normalized spacial score (nSPS) is 19.6. The van der Waals surface area contributed by atoms with Gasteiger partial charge < -0.3 is 10.6 Å². The number of aromatic nitrogens is 2. The first-order valence-electron chi connectivity index (χ1n) is 6.45. The van der Waals surface area contributed by atoms with Crippen molar-refractivity contribution in [3.63, 3.8) is 0 Å². The summed E-state index contributed by atoms with van der Waals surface area (Å²) in [7, 11) is 0. The molecule has 1 aliphatic heterocycles. The van der Waals surface area contributed by atoms with Crippen LogP contribution in [0.1, 0.15) is 38.1 Å². The molecule has 1 fully saturated rings. The van der Waals surface area contributed by atoms with Crippen molar-refractivity contribution >= 4 is 11.8 Å². The molecule has 0 radical (unpaired) electrons. The molecular weight excluding hydrogens is 226 g/mol. The van der Waals surface area contributed by atoms with E-state index in [-0.39, 0.29) is 5.84 Å². The fourth-order valence-electron chi connectivity index (χ4n) is 2.55. The van der Waals surface area contributed by atoms with E-state index in [1.54, 1.807) is 6.07 Å². The van der Waals surface area contributed by atoms with E-state index in [0.29, 0.717) is 17.7 Å². The Hall–Kier alpha value is -1.65. The molecule has 0 spiro atoms. The summed E-state index contributed by atoms with van der Waals surface area (Å²) in [6.45, 7) is 7.36. The van der Waals surface area contributed by atoms with Gasteiger partial charge in [-0.2, -0.15) is 0 Å². The lowest BCUT2D eigenvalue weighted by molar-refractivity contribution is 0.486. The molecular formula is C13H21N5. The zero-order valence-electron chi connectivity index (χ0n) is 11.3. The number of rotatable bonds is 3. The van der Waals surface area contributed by atoms with Crippen molar-refractivity contribution in [3.8, 4) is 0 Å². The topological polar surface area (TPSA) is 78.9 Å². The maximum atomic E-state index is 7.50. The van der Waals surface area contributed by atoms with Gasteiger partial charge in [0.1, 0.15) is 11.5 Å². The number of nitrogen functional groups attached to an aromatic ring is 1. The van der Waals surface area contributed by atoms with Crippen molar-refractivity contribution in [2.24, 2.45) is 11.7 Å². The van der Waals surface area contributed by atoms with Crippen molar-refractivity contribution in [2.45, 2.75) is 39.7 Å². The van der Waals surface area contributed by atoms with Gasteiger partial charge in [0, 0.05) is 18.3 Å². The van der Waals surface area contributed by atoms with Gasteiger partial charge >= 0.3 is 0 Å². The van der Waals surface area contributed by atoms with Gasteiger partial charge in [0.05, 0.1) is 0 Å². The first kappa shape index (κ1) is 12.8. The Kier molecular flexibility index (Phi) is 3.50. The van der Waals surface area contributed by atoms with E-state index in [9.17, 15) is 0 Å². The molecule has 1 atom stereocenters. The summed E-state index contributed by atoms with van der Waals surface area (Å²) in [6.07, 6.45) is 2.36. The minimum atomic E-state index is 0.00189. The molecule has 2 heterocycles. The summed E-state index contributed by atoms with van der Waals surface area (Å²) in [4.78, 5) is 11.2. The third-order valence-corrected chi connectivity index (χ3v) is 3.44. The predicted molar refractivity (Wildman–Crippen MR) is 73.0 cm³/mol. The average molecular weight is 247 g/mol. The zero-order valence-corrected chi connectivity index (χ0v) is 11.3. The van der Waals surface area contributed by atoms with Crippen LogP contribution in [-0.4, -0.2) is 28.4 Å². The van der Waals surface area contributed by atoms with Gasteiger partial charge in [-0.05, 0) is 31.7 Å². The smallest absolute Gasteiger partial charge is 0.226 e. The number of aryl methyl sites for hydroxylation is 1. The lowest BCUT2D eigenvalue weighted by atomic mass is 10.0. The Morgan fingerprint density at radius 2 is 2.22 bits per heavy atom. The van der Waals surface area contributed by atoms with E-state index in [0.717, 1.165) is 18.2 Å². The van der Waals surface area contributed by atoms with Gasteiger partial charge in [-0.25, -0.2) is 9.97 Å². The predicted octanol–water partition coefficient (Wildman–Crippen LogP) is 1.69. The van der Waals surface area contributed by atoms with Crippen LogP contribution in [0.5, 0.6) is 0 Å². The minimum absolute atomic E-state index is 0.00189. The summed E-state index contributed by atoms with van der Waals surface area (Å²) in [5.74, 6) is 1.30. The number of hydrogen-bond donors (Lipinski definition) is 2. The first-order chi connectivity index (χ1) is 8.49. The molecule has 1 aromatic heterocycles. The standard InChI is InChI=1S/C13H21N5/c1-8(2)11-5-4-6-18(11)13-16-9(3)7-10(17-13)12(14)15/h7-8,11H,4-6H2,1-3H3,(H3,14,15). The van der Waals surface area contributed by atoms with Crippen LogP contribution in [-0.2, 0) is 0 Å². The number of nitrogens with zero attached hydrogens (tertiary/aromatic N) is 3. The second-order valence-electron chi connectivity index (χ2n) is 5.26. The van der Waals surface area contributed by atoms with E-state index in [1.807, 2.05) is 6.92 Å². The Morgan fingerprint density at radius 3 is 2.83 bits per heavy atom. The lowest BCUT2D eigenvalue weighted by Crippen LogP contribution is -2.35. The van der Waals surface area contributed by atoms with Crippen LogP contribution < -0.4 is 10.6 Å². The summed E-state index contributed by atoms with van der Waals surface area (Å²) < 4.78 is 0. The fraction of sp³-hybridized carbons (Fsp3) is 0.615. The molecule has 2 rings (SSSR count). The molecule has 5 heteroatoms. The highest BCUT2D eigenvalue weighted by Gasteiger charge is 2.29. The van der Waals surface area contributed by atoms with Gasteiger partial charge in [0.25, 0.3) is 0 Å². The molecule has 0 aliphatic carbocycles. The molecule has 0 aromatic carbocycles. The Labute approximate surface area is 108 Å². The second-order valence-corrected chi connectivity index (χ2v) is 5.26. The number of amidine groups is 1. The number of anilines is 1. The Bertz CT molecular complexity index is 455. The van der Waals surface area contributed by atoms with Crippen molar-refractivity contribution in [1.82, 2.24) is 9.97 Å².